The van der Waals surface area contributed by atoms with Crippen LogP contribution in [-0.4, -0.2) is 51.7 Å². The van der Waals surface area contributed by atoms with E-state index in [1.165, 1.54) is 43.0 Å². The molecule has 9 aromatic carbocycles. The fourth-order valence-corrected chi connectivity index (χ4v) is 13.4. The summed E-state index contributed by atoms with van der Waals surface area (Å²) in [5.41, 5.74) is 10.6. The third kappa shape index (κ3) is 18.0. The average molecular weight is 1260 g/mol. The van der Waals surface area contributed by atoms with Gasteiger partial charge in [-0.05, 0) is 121 Å². The lowest BCUT2D eigenvalue weighted by molar-refractivity contribution is -0.194. The molecule has 0 aliphatic carbocycles. The first-order valence-electron chi connectivity index (χ1n) is 28.3. The lowest BCUT2D eigenvalue weighted by Gasteiger charge is -1.90. The molecule has 448 valence electrons. The molecule has 15 nitrogen and oxygen atoms in total. The van der Waals surface area contributed by atoms with Gasteiger partial charge in [0.05, 0.1) is 35.3 Å². The first kappa shape index (κ1) is 61.5. The lowest BCUT2D eigenvalue weighted by Crippen LogP contribution is -1.92. The highest BCUT2D eigenvalue weighted by Gasteiger charge is 2.12. The molecule has 0 amide bonds. The number of nitrogens with zero attached hydrogens (tertiary/aromatic N) is 6. The summed E-state index contributed by atoms with van der Waals surface area (Å²) in [5, 5.41) is 18.6. The number of ether oxygens (including phenoxy) is 2. The lowest BCUT2D eigenvalue weighted by atomic mass is 10.2. The minimum absolute atomic E-state index is 0.360. The van der Waals surface area contributed by atoms with Gasteiger partial charge in [-0.3, -0.25) is 5.10 Å². The van der Waals surface area contributed by atoms with Crippen molar-refractivity contribution in [2.24, 2.45) is 0 Å². The van der Waals surface area contributed by atoms with Crippen LogP contribution in [-0.2, 0) is 17.2 Å². The molecule has 0 spiro atoms. The second-order valence-electron chi connectivity index (χ2n) is 19.1. The highest BCUT2D eigenvalue weighted by Crippen LogP contribution is 2.43. The predicted molar refractivity (Wildman–Crippen MR) is 363 cm³/mol. The van der Waals surface area contributed by atoms with E-state index in [1.54, 1.807) is 18.8 Å². The molecular formula is C71H58N8O7S4. The van der Waals surface area contributed by atoms with E-state index in [0.29, 0.717) is 13.4 Å². The van der Waals surface area contributed by atoms with Crippen molar-refractivity contribution in [3.63, 3.8) is 0 Å². The molecule has 2 N–H and O–H groups in total. The Balaban J connectivity index is 0.000000103. The molecule has 4 aliphatic rings. The summed E-state index contributed by atoms with van der Waals surface area (Å²) in [6, 6.07) is 81.9. The Bertz CT molecular complexity index is 3760. The SMILES string of the molecule is c1ccc2[nH]cnc2c1.c1ccc2[nH]ncc2c1.c1ccc2c(c1)COO2.c1ccc2c(c1)CSS2.c1ccc2c(c1)OCO2.c1ccc2c(c1)SCS2.c1ccc2nocc2c1.c1ccc2ocnc2c1.c1ccc2oncc2c1.c1ccn2cccc2c1. The van der Waals surface area contributed by atoms with E-state index in [9.17, 15) is 0 Å². The maximum Gasteiger partial charge on any atom is 0.231 e. The van der Waals surface area contributed by atoms with Crippen molar-refractivity contribution in [2.45, 2.75) is 27.0 Å². The van der Waals surface area contributed by atoms with Crippen LogP contribution in [0.2, 0.25) is 0 Å². The summed E-state index contributed by atoms with van der Waals surface area (Å²) in [6.45, 7) is 0.940. The smallest absolute Gasteiger partial charge is 0.231 e. The number of H-pyrrole nitrogens is 2. The Hall–Kier alpha value is -10.2. The minimum Gasteiger partial charge on any atom is -0.454 e. The van der Waals surface area contributed by atoms with Gasteiger partial charge in [-0.25, -0.2) is 9.97 Å². The molecule has 90 heavy (non-hydrogen) atoms. The number of hydrogen-bond acceptors (Lipinski definition) is 16. The average Bonchev–Trinajstić information content (AvgIpc) is 4.53. The Morgan fingerprint density at radius 2 is 1.09 bits per heavy atom. The first-order valence-corrected chi connectivity index (χ1v) is 32.5. The molecule has 0 radical (unpaired) electrons. The van der Waals surface area contributed by atoms with E-state index in [0.717, 1.165) is 77.7 Å². The van der Waals surface area contributed by atoms with Crippen LogP contribution in [0.25, 0.3) is 60.4 Å². The second kappa shape index (κ2) is 33.3. The molecule has 0 unspecified atom stereocenters. The Morgan fingerprint density at radius 1 is 0.478 bits per heavy atom. The van der Waals surface area contributed by atoms with Crippen LogP contribution in [0.4, 0.5) is 0 Å². The molecule has 0 bridgehead atoms. The third-order valence-corrected chi connectivity index (χ3v) is 17.9. The second-order valence-corrected chi connectivity index (χ2v) is 23.8. The summed E-state index contributed by atoms with van der Waals surface area (Å²) < 4.78 is 26.8. The summed E-state index contributed by atoms with van der Waals surface area (Å²) >= 11 is 3.86. The number of aromatic nitrogens is 8. The van der Waals surface area contributed by atoms with Crippen LogP contribution in [0.15, 0.2) is 321 Å². The van der Waals surface area contributed by atoms with Crippen molar-refractivity contribution in [1.82, 2.24) is 39.9 Å². The Labute approximate surface area is 534 Å². The number of benzene rings is 9. The molecular weight excluding hydrogens is 1210 g/mol. The molecule has 0 saturated carbocycles. The van der Waals surface area contributed by atoms with E-state index in [-0.39, 0.29) is 0 Å². The number of thioether (sulfide) groups is 2. The van der Waals surface area contributed by atoms with Gasteiger partial charge in [-0.15, -0.1) is 23.5 Å². The molecule has 20 rings (SSSR count). The number of nitrogens with one attached hydrogen (secondary N) is 2. The van der Waals surface area contributed by atoms with Crippen molar-refractivity contribution in [3.05, 3.63) is 304 Å². The van der Waals surface area contributed by atoms with Gasteiger partial charge in [0.15, 0.2) is 34.8 Å². The Kier molecular flexibility index (Phi) is 22.7. The van der Waals surface area contributed by atoms with E-state index >= 15 is 0 Å². The first-order chi connectivity index (χ1) is 44.7. The zero-order valence-corrected chi connectivity index (χ0v) is 51.5. The van der Waals surface area contributed by atoms with Gasteiger partial charge < -0.3 is 37.2 Å². The van der Waals surface area contributed by atoms with Crippen LogP contribution >= 0.6 is 45.1 Å². The van der Waals surface area contributed by atoms with Crippen molar-refractivity contribution >= 4 is 106 Å². The summed E-state index contributed by atoms with van der Waals surface area (Å²) in [5.74, 6) is 3.72. The van der Waals surface area contributed by atoms with Crippen LogP contribution in [0.3, 0.4) is 0 Å². The molecule has 4 aliphatic heterocycles. The molecule has 19 heteroatoms. The number of imidazole rings is 1. The number of hydrogen-bond donors (Lipinski definition) is 2. The van der Waals surface area contributed by atoms with Crippen molar-refractivity contribution in [3.8, 4) is 17.2 Å². The standard InChI is InChI=1S/C8H7N.2C7H6N2.3C7H5NO.2C7H6O2.2C7H6S2/c1-2-6-9-7-3-5-8(9)4-1;1-2-4-7-6(3-1)8-5-9-7;1-2-4-7-6(3-1)5-8-9-7;1-2-4-7-6(3-1)8-5-9-7;1-2-4-7-6(3-1)5-9-8-7;1-2-4-7-6(3-1)5-8-9-7;1-2-4-7-6(3-1)8-5-9-7;1-2-4-7-6(3-1)5-8-9-7;1-2-4-7-6(3-1)8-5-9-7;1-2-4-7-6(3-1)5-8-9-7/h1-7H;2*1-5H,(H,8,9);3*1-5H;4*1-4H,5H2. The van der Waals surface area contributed by atoms with E-state index < -0.39 is 0 Å². The van der Waals surface area contributed by atoms with E-state index in [4.69, 9.17) is 32.7 Å². The number of aromatic amines is 2. The maximum atomic E-state index is 5.08. The molecule has 16 aromatic rings. The minimum atomic E-state index is 0.360. The van der Waals surface area contributed by atoms with E-state index in [1.807, 2.05) is 252 Å². The zero-order valence-electron chi connectivity index (χ0n) is 48.2. The van der Waals surface area contributed by atoms with Gasteiger partial charge in [0.2, 0.25) is 6.79 Å². The molecule has 7 aromatic heterocycles. The van der Waals surface area contributed by atoms with Gasteiger partial charge in [-0.1, -0.05) is 165 Å². The quantitative estimate of drug-likeness (QED) is 0.108. The summed E-state index contributed by atoms with van der Waals surface area (Å²) in [7, 11) is 3.80. The van der Waals surface area contributed by atoms with Crippen LogP contribution in [0.1, 0.15) is 11.1 Å². The summed E-state index contributed by atoms with van der Waals surface area (Å²) in [4.78, 5) is 24.9. The maximum absolute atomic E-state index is 5.08. The van der Waals surface area contributed by atoms with Gasteiger partial charge >= 0.3 is 0 Å². The van der Waals surface area contributed by atoms with Crippen molar-refractivity contribution < 1.29 is 32.7 Å². The summed E-state index contributed by atoms with van der Waals surface area (Å²) in [6.07, 6.45) is 12.4. The monoisotopic (exact) mass is 1260 g/mol. The fourth-order valence-electron chi connectivity index (χ4n) is 8.58. The van der Waals surface area contributed by atoms with Crippen molar-refractivity contribution in [2.75, 3.05) is 11.9 Å². The highest BCUT2D eigenvalue weighted by molar-refractivity contribution is 8.76. The number of pyridine rings is 1. The zero-order chi connectivity index (χ0) is 61.0. The molecule has 0 atom stereocenters. The van der Waals surface area contributed by atoms with Gasteiger partial charge in [0, 0.05) is 65.2 Å². The largest absolute Gasteiger partial charge is 0.454 e. The van der Waals surface area contributed by atoms with Gasteiger partial charge in [0.1, 0.15) is 23.9 Å². The Morgan fingerprint density at radius 3 is 1.81 bits per heavy atom. The predicted octanol–water partition coefficient (Wildman–Crippen LogP) is 19.3. The molecule has 11 heterocycles. The number of para-hydroxylation sites is 9. The van der Waals surface area contributed by atoms with E-state index in [2.05, 4.69) is 101 Å². The number of fused-ring (bicyclic) bond motifs is 10. The van der Waals surface area contributed by atoms with Gasteiger partial charge in [-0.2, -0.15) is 9.99 Å². The molecule has 0 saturated heterocycles. The number of oxazole rings is 1. The van der Waals surface area contributed by atoms with Crippen LogP contribution in [0, 0.1) is 0 Å². The number of rotatable bonds is 0. The molecule has 0 fully saturated rings. The van der Waals surface area contributed by atoms with Crippen molar-refractivity contribution in [1.29, 1.82) is 0 Å². The van der Waals surface area contributed by atoms with Gasteiger partial charge in [0.25, 0.3) is 0 Å². The van der Waals surface area contributed by atoms with Crippen LogP contribution in [0.5, 0.6) is 17.2 Å². The topological polar surface area (TPSA) is 177 Å². The highest BCUT2D eigenvalue weighted by atomic mass is 33.1. The van der Waals surface area contributed by atoms with Crippen LogP contribution < -0.4 is 14.4 Å². The normalized spacial score (nSPS) is 12.1. The fraction of sp³-hybridized carbons (Fsp3) is 0.0563. The third-order valence-electron chi connectivity index (χ3n) is 13.1.